The van der Waals surface area contributed by atoms with Gasteiger partial charge < -0.3 is 0 Å². The van der Waals surface area contributed by atoms with Gasteiger partial charge >= 0.3 is 0 Å². The zero-order valence-corrected chi connectivity index (χ0v) is 10.6. The first-order valence-electron chi connectivity index (χ1n) is 5.83. The van der Waals surface area contributed by atoms with Gasteiger partial charge in [0.15, 0.2) is 0 Å². The molecule has 0 aromatic rings. The first-order valence-corrected chi connectivity index (χ1v) is 7.11. The van der Waals surface area contributed by atoms with Crippen molar-refractivity contribution in [1.29, 1.82) is 0 Å². The van der Waals surface area contributed by atoms with E-state index in [1.165, 1.54) is 0 Å². The number of carbonyl (C=O) groups excluding carboxylic acids is 1. The Balaban J connectivity index is 2.09. The molecule has 2 bridgehead atoms. The zero-order chi connectivity index (χ0) is 11.2. The van der Waals surface area contributed by atoms with Gasteiger partial charge in [-0.3, -0.25) is 9.00 Å². The Kier molecular flexibility index (Phi) is 2.78. The minimum atomic E-state index is -0.635. The van der Waals surface area contributed by atoms with E-state index in [2.05, 4.69) is 0 Å². The van der Waals surface area contributed by atoms with Crippen LogP contribution in [0.2, 0.25) is 0 Å². The summed E-state index contributed by atoms with van der Waals surface area (Å²) in [5.74, 6) is 0.552. The highest BCUT2D eigenvalue weighted by Crippen LogP contribution is 2.41. The quantitative estimate of drug-likeness (QED) is 0.690. The van der Waals surface area contributed by atoms with Crippen LogP contribution in [0.1, 0.15) is 46.5 Å². The summed E-state index contributed by atoms with van der Waals surface area (Å²) in [5.41, 5.74) is -0.233. The van der Waals surface area contributed by atoms with E-state index in [0.29, 0.717) is 16.3 Å². The van der Waals surface area contributed by atoms with E-state index in [-0.39, 0.29) is 11.3 Å². The average molecular weight is 228 g/mol. The minimum Gasteiger partial charge on any atom is -0.299 e. The predicted molar refractivity (Wildman–Crippen MR) is 62.1 cm³/mol. The Hall–Kier alpha value is -0.180. The van der Waals surface area contributed by atoms with E-state index in [1.807, 2.05) is 20.8 Å². The lowest BCUT2D eigenvalue weighted by molar-refractivity contribution is -0.130. The summed E-state index contributed by atoms with van der Waals surface area (Å²) >= 11 is 0. The third kappa shape index (κ3) is 2.03. The van der Waals surface area contributed by atoms with Crippen LogP contribution >= 0.6 is 0 Å². The van der Waals surface area contributed by atoms with Crippen molar-refractivity contribution in [2.24, 2.45) is 11.3 Å². The molecule has 2 saturated heterocycles. The third-order valence-electron chi connectivity index (χ3n) is 3.67. The van der Waals surface area contributed by atoms with Crippen molar-refractivity contribution in [2.45, 2.75) is 57.0 Å². The summed E-state index contributed by atoms with van der Waals surface area (Å²) in [5, 5.41) is 0.639. The molecule has 0 radical (unpaired) electrons. The van der Waals surface area contributed by atoms with E-state index in [4.69, 9.17) is 0 Å². The van der Waals surface area contributed by atoms with Crippen molar-refractivity contribution in [3.63, 3.8) is 0 Å². The van der Waals surface area contributed by atoms with Gasteiger partial charge in [-0.25, -0.2) is 0 Å². The van der Waals surface area contributed by atoms with Crippen molar-refractivity contribution >= 4 is 16.6 Å². The molecule has 2 atom stereocenters. The molecule has 0 N–H and O–H groups in total. The summed E-state index contributed by atoms with van der Waals surface area (Å²) in [4.78, 5) is 12.1. The second-order valence-electron chi connectivity index (χ2n) is 5.93. The van der Waals surface area contributed by atoms with E-state index in [9.17, 15) is 9.00 Å². The molecule has 15 heavy (non-hydrogen) atoms. The highest BCUT2D eigenvalue weighted by Gasteiger charge is 2.44. The molecular formula is C12H20O2S. The van der Waals surface area contributed by atoms with E-state index in [0.717, 1.165) is 25.7 Å². The van der Waals surface area contributed by atoms with Crippen molar-refractivity contribution in [3.8, 4) is 0 Å². The lowest BCUT2D eigenvalue weighted by Gasteiger charge is -2.30. The molecule has 2 heterocycles. The number of carbonyl (C=O) groups is 1. The summed E-state index contributed by atoms with van der Waals surface area (Å²) in [6, 6.07) is 0. The summed E-state index contributed by atoms with van der Waals surface area (Å²) in [6.45, 7) is 5.97. The van der Waals surface area contributed by atoms with Gasteiger partial charge in [0.05, 0.1) is 0 Å². The van der Waals surface area contributed by atoms with Gasteiger partial charge in [-0.1, -0.05) is 20.8 Å². The molecule has 86 valence electrons. The molecule has 0 amide bonds. The molecule has 2 rings (SSSR count). The van der Waals surface area contributed by atoms with E-state index in [1.54, 1.807) is 0 Å². The predicted octanol–water partition coefficient (Wildman–Crippen LogP) is 2.29. The fraction of sp³-hybridized carbons (Fsp3) is 0.917. The van der Waals surface area contributed by atoms with Gasteiger partial charge in [0.1, 0.15) is 5.78 Å². The van der Waals surface area contributed by atoms with Crippen molar-refractivity contribution in [1.82, 2.24) is 0 Å². The zero-order valence-electron chi connectivity index (χ0n) is 9.79. The molecular weight excluding hydrogens is 208 g/mol. The number of Topliss-reactive ketones (excluding diaryl/α,β-unsaturated/α-hetero) is 1. The Morgan fingerprint density at radius 1 is 1.13 bits per heavy atom. The summed E-state index contributed by atoms with van der Waals surface area (Å²) < 4.78 is 11.8. The highest BCUT2D eigenvalue weighted by molar-refractivity contribution is 7.86. The maximum Gasteiger partial charge on any atom is 0.141 e. The monoisotopic (exact) mass is 228 g/mol. The van der Waals surface area contributed by atoms with Crippen LogP contribution in [0.4, 0.5) is 0 Å². The molecule has 0 saturated carbocycles. The smallest absolute Gasteiger partial charge is 0.141 e. The Bertz CT molecular complexity index is 287. The van der Waals surface area contributed by atoms with Crippen LogP contribution in [0.15, 0.2) is 0 Å². The van der Waals surface area contributed by atoms with E-state index >= 15 is 0 Å². The minimum absolute atomic E-state index is 0.181. The number of fused-ring (bicyclic) bond motifs is 2. The number of rotatable bonds is 1. The normalized spacial score (nSPS) is 40.5. The fourth-order valence-electron chi connectivity index (χ4n) is 2.86. The molecule has 0 aliphatic carbocycles. The van der Waals surface area contributed by atoms with Gasteiger partial charge in [0.25, 0.3) is 0 Å². The van der Waals surface area contributed by atoms with Crippen LogP contribution in [0.25, 0.3) is 0 Å². The first-order chi connectivity index (χ1) is 6.89. The molecule has 2 aliphatic heterocycles. The topological polar surface area (TPSA) is 34.1 Å². The SMILES string of the molecule is CC(C)(C)C(=O)C1CC2CCC(C1)S2=O. The molecule has 0 aromatic carbocycles. The van der Waals surface area contributed by atoms with Crippen LogP contribution in [-0.2, 0) is 15.6 Å². The van der Waals surface area contributed by atoms with Gasteiger partial charge in [0, 0.05) is 32.6 Å². The summed E-state index contributed by atoms with van der Waals surface area (Å²) in [6.07, 6.45) is 3.90. The second-order valence-corrected chi connectivity index (χ2v) is 7.92. The Morgan fingerprint density at radius 3 is 2.00 bits per heavy atom. The number of ketones is 1. The molecule has 0 aromatic heterocycles. The first kappa shape index (κ1) is 11.3. The third-order valence-corrected chi connectivity index (χ3v) is 5.84. The van der Waals surface area contributed by atoms with Crippen LogP contribution in [0.3, 0.4) is 0 Å². The molecule has 2 nitrogen and oxygen atoms in total. The van der Waals surface area contributed by atoms with Gasteiger partial charge in [0.2, 0.25) is 0 Å². The van der Waals surface area contributed by atoms with Crippen LogP contribution < -0.4 is 0 Å². The molecule has 2 unspecified atom stereocenters. The number of hydrogen-bond acceptors (Lipinski definition) is 2. The van der Waals surface area contributed by atoms with Gasteiger partial charge in [-0.05, 0) is 25.7 Å². The molecule has 3 heteroatoms. The van der Waals surface area contributed by atoms with Crippen LogP contribution in [0.5, 0.6) is 0 Å². The van der Waals surface area contributed by atoms with Crippen molar-refractivity contribution in [2.75, 3.05) is 0 Å². The number of hydrogen-bond donors (Lipinski definition) is 0. The molecule has 2 aliphatic rings. The van der Waals surface area contributed by atoms with Crippen molar-refractivity contribution in [3.05, 3.63) is 0 Å². The van der Waals surface area contributed by atoms with Crippen LogP contribution in [0, 0.1) is 11.3 Å². The summed E-state index contributed by atoms with van der Waals surface area (Å²) in [7, 11) is -0.635. The Morgan fingerprint density at radius 2 is 1.60 bits per heavy atom. The molecule has 2 fully saturated rings. The second kappa shape index (κ2) is 3.69. The maximum absolute atomic E-state index is 12.1. The molecule has 0 spiro atoms. The van der Waals surface area contributed by atoms with Crippen molar-refractivity contribution < 1.29 is 9.00 Å². The maximum atomic E-state index is 12.1. The standard InChI is InChI=1S/C12H20O2S/c1-12(2,3)11(13)8-6-9-4-5-10(7-8)15(9)14/h8-10H,4-7H2,1-3H3. The Labute approximate surface area is 94.3 Å². The van der Waals surface area contributed by atoms with E-state index < -0.39 is 10.8 Å². The highest BCUT2D eigenvalue weighted by atomic mass is 32.2. The van der Waals surface area contributed by atoms with Crippen LogP contribution in [-0.4, -0.2) is 20.5 Å². The fourth-order valence-corrected chi connectivity index (χ4v) is 4.98. The largest absolute Gasteiger partial charge is 0.299 e. The van der Waals surface area contributed by atoms with Gasteiger partial charge in [-0.15, -0.1) is 0 Å². The lowest BCUT2D eigenvalue weighted by atomic mass is 9.79. The average Bonchev–Trinajstić information content (AvgIpc) is 2.40. The lowest BCUT2D eigenvalue weighted by Crippen LogP contribution is -2.37. The van der Waals surface area contributed by atoms with Gasteiger partial charge in [-0.2, -0.15) is 0 Å².